The van der Waals surface area contributed by atoms with Crippen LogP contribution >= 0.6 is 11.6 Å². The normalized spacial score (nSPS) is 17.0. The molecule has 2 aromatic carbocycles. The van der Waals surface area contributed by atoms with Gasteiger partial charge in [-0.2, -0.15) is 49.6 Å². The number of carbonyl (C=O) groups excluding carboxylic acids is 2. The molecule has 0 bridgehead atoms. The zero-order valence-corrected chi connectivity index (χ0v) is 42.0. The van der Waals surface area contributed by atoms with Crippen LogP contribution in [0.25, 0.3) is 22.0 Å². The van der Waals surface area contributed by atoms with Crippen molar-refractivity contribution in [3.8, 4) is 23.5 Å². The predicted octanol–water partition coefficient (Wildman–Crippen LogP) is 6.76. The summed E-state index contributed by atoms with van der Waals surface area (Å²) in [5.41, 5.74) is -5.59. The number of benzene rings is 2. The molecule has 1 saturated heterocycles. The topological polar surface area (TPSA) is 181 Å². The van der Waals surface area contributed by atoms with Crippen LogP contribution in [0.1, 0.15) is 60.2 Å². The van der Waals surface area contributed by atoms with E-state index in [1.807, 2.05) is 0 Å². The van der Waals surface area contributed by atoms with Gasteiger partial charge in [0.05, 0.1) is 51.1 Å². The fraction of sp³-hybridized carbons (Fsp3) is 0.457. The number of nitrogens with zero attached hydrogens (tertiary/aromatic N) is 7. The van der Waals surface area contributed by atoms with Crippen molar-refractivity contribution in [2.45, 2.75) is 81.7 Å². The fourth-order valence-corrected chi connectivity index (χ4v) is 10.5. The summed E-state index contributed by atoms with van der Waals surface area (Å²) in [5, 5.41) is 12.0. The van der Waals surface area contributed by atoms with Crippen LogP contribution in [0.15, 0.2) is 42.5 Å². The molecule has 1 fully saturated rings. The number of anilines is 1. The highest BCUT2D eigenvalue weighted by atomic mass is 35.5. The molecule has 2 aliphatic rings. The maximum atomic E-state index is 15.7. The van der Waals surface area contributed by atoms with Crippen LogP contribution in [0.5, 0.6) is 0 Å². The first-order valence-corrected chi connectivity index (χ1v) is 26.5. The minimum Gasteiger partial charge on any atom is -0.346 e. The van der Waals surface area contributed by atoms with E-state index in [-0.39, 0.29) is 49.9 Å². The van der Waals surface area contributed by atoms with Crippen molar-refractivity contribution in [1.82, 2.24) is 40.1 Å². The number of piperazine rings is 1. The summed E-state index contributed by atoms with van der Waals surface area (Å²) >= 11 is 6.71. The van der Waals surface area contributed by atoms with Gasteiger partial charge >= 0.3 is 18.3 Å². The number of sulfone groups is 1. The van der Waals surface area contributed by atoms with Crippen molar-refractivity contribution >= 4 is 60.0 Å². The first-order chi connectivity index (χ1) is 34.2. The van der Waals surface area contributed by atoms with Crippen molar-refractivity contribution in [2.75, 3.05) is 49.5 Å². The predicted molar refractivity (Wildman–Crippen MR) is 251 cm³/mol. The van der Waals surface area contributed by atoms with Crippen LogP contribution in [0.3, 0.4) is 0 Å². The van der Waals surface area contributed by atoms with E-state index in [0.717, 1.165) is 24.5 Å². The van der Waals surface area contributed by atoms with E-state index >= 15 is 8.78 Å². The lowest BCUT2D eigenvalue weighted by molar-refractivity contribution is -0.143. The molecule has 74 heavy (non-hydrogen) atoms. The molecule has 400 valence electrons. The second-order valence-electron chi connectivity index (χ2n) is 18.6. The third-order valence-electron chi connectivity index (χ3n) is 12.7. The second-order valence-corrected chi connectivity index (χ2v) is 23.5. The molecule has 5 aromatic rings. The van der Waals surface area contributed by atoms with Crippen LogP contribution in [0.4, 0.5) is 49.7 Å². The average molecular weight is 1110 g/mol. The van der Waals surface area contributed by atoms with Gasteiger partial charge in [-0.3, -0.25) is 28.8 Å². The molecule has 0 unspecified atom stereocenters. The maximum absolute atomic E-state index is 15.7. The second kappa shape index (κ2) is 20.4. The number of halogens is 11. The number of nitrogens with one attached hydrogen (secondary N) is 2. The number of terminal acetylenes is 1. The van der Waals surface area contributed by atoms with Gasteiger partial charge in [-0.05, 0) is 69.4 Å². The van der Waals surface area contributed by atoms with Gasteiger partial charge in [-0.25, -0.2) is 25.6 Å². The minimum atomic E-state index is -5.29. The standard InChI is InChI=1S/C46H46ClF10N9O6S2/c1-6-26-20-32-40(46(55,56)57)61-64(41(32)45(26,53)54)22-35(67)60-34(19-25-17-27(48)21-28(49)18-25)38-30(8-7-29(59-38)11-12-43(2,3)73(4,69)70)31-9-10-33(47)37-39(31)65(24-44(50,51)52)62-42(37)66(74(5,71)72)36(68)23-63-15-13-58-14-16-63/h1,7-10,17-18,21,26,34,58H,11-16,19-20,22-24H2,2-5H3,(H,60,67)/t26-,34+/m1/s1. The minimum absolute atomic E-state index is 0.0567. The van der Waals surface area contributed by atoms with Crippen LogP contribution < -0.4 is 14.9 Å². The van der Waals surface area contributed by atoms with Crippen molar-refractivity contribution in [1.29, 1.82) is 0 Å². The Labute approximate surface area is 422 Å². The molecule has 15 nitrogen and oxygen atoms in total. The molecule has 1 aliphatic heterocycles. The monoisotopic (exact) mass is 1110 g/mol. The number of alkyl halides is 8. The van der Waals surface area contributed by atoms with Crippen LogP contribution in [-0.4, -0.2) is 114 Å². The lowest BCUT2D eigenvalue weighted by Crippen LogP contribution is -2.49. The van der Waals surface area contributed by atoms with Crippen molar-refractivity contribution in [3.63, 3.8) is 0 Å². The molecule has 7 rings (SSSR count). The molecule has 28 heteroatoms. The summed E-state index contributed by atoms with van der Waals surface area (Å²) in [4.78, 5) is 34.6. The van der Waals surface area contributed by atoms with Crippen molar-refractivity contribution in [3.05, 3.63) is 93.0 Å². The van der Waals surface area contributed by atoms with Gasteiger partial charge in [0.1, 0.15) is 30.4 Å². The lowest BCUT2D eigenvalue weighted by Gasteiger charge is -2.28. The van der Waals surface area contributed by atoms with Gasteiger partial charge in [-0.1, -0.05) is 29.7 Å². The molecule has 2 amide bonds. The zero-order valence-electron chi connectivity index (χ0n) is 39.6. The molecule has 4 heterocycles. The highest BCUT2D eigenvalue weighted by Crippen LogP contribution is 2.50. The van der Waals surface area contributed by atoms with Gasteiger partial charge in [0.25, 0.3) is 5.91 Å². The number of hydrogen-bond acceptors (Lipinski definition) is 11. The number of aromatic nitrogens is 5. The Morgan fingerprint density at radius 3 is 2.16 bits per heavy atom. The molecule has 2 N–H and O–H groups in total. The highest BCUT2D eigenvalue weighted by molar-refractivity contribution is 7.93. The zero-order chi connectivity index (χ0) is 54.7. The number of hydrogen-bond donors (Lipinski definition) is 2. The first-order valence-electron chi connectivity index (χ1n) is 22.4. The smallest absolute Gasteiger partial charge is 0.346 e. The number of fused-ring (bicyclic) bond motifs is 2. The van der Waals surface area contributed by atoms with Gasteiger partial charge in [0, 0.05) is 60.9 Å². The fourth-order valence-electron chi connectivity index (χ4n) is 8.88. The quantitative estimate of drug-likeness (QED) is 0.0788. The summed E-state index contributed by atoms with van der Waals surface area (Å²) in [6.07, 6.45) is -5.41. The molecule has 0 saturated carbocycles. The summed E-state index contributed by atoms with van der Waals surface area (Å²) in [5.74, 6) is -9.95. The molecule has 1 aliphatic carbocycles. The van der Waals surface area contributed by atoms with E-state index in [9.17, 15) is 61.5 Å². The van der Waals surface area contributed by atoms with E-state index in [1.54, 1.807) is 10.8 Å². The summed E-state index contributed by atoms with van der Waals surface area (Å²) in [6.45, 7) is 0.491. The Morgan fingerprint density at radius 1 is 0.946 bits per heavy atom. The molecule has 0 radical (unpaired) electrons. The van der Waals surface area contributed by atoms with Crippen LogP contribution in [0, 0.1) is 29.9 Å². The van der Waals surface area contributed by atoms with Gasteiger partial charge < -0.3 is 10.6 Å². The number of sulfonamides is 1. The number of aryl methyl sites for hydroxylation is 1. The summed E-state index contributed by atoms with van der Waals surface area (Å²) in [7, 11) is -8.45. The number of amides is 2. The van der Waals surface area contributed by atoms with E-state index in [1.165, 1.54) is 32.0 Å². The van der Waals surface area contributed by atoms with E-state index in [2.05, 4.69) is 20.8 Å². The Kier molecular flexibility index (Phi) is 15.4. The van der Waals surface area contributed by atoms with Gasteiger partial charge in [0.15, 0.2) is 21.3 Å². The Morgan fingerprint density at radius 2 is 1.58 bits per heavy atom. The van der Waals surface area contributed by atoms with Crippen molar-refractivity contribution in [2.24, 2.45) is 5.92 Å². The van der Waals surface area contributed by atoms with E-state index in [4.69, 9.17) is 23.0 Å². The van der Waals surface area contributed by atoms with Gasteiger partial charge in [-0.15, -0.1) is 6.42 Å². The Balaban J connectivity index is 1.46. The average Bonchev–Trinajstić information content (AvgIpc) is 3.90. The lowest BCUT2D eigenvalue weighted by atomic mass is 9.93. The van der Waals surface area contributed by atoms with Crippen molar-refractivity contribution < 1.29 is 70.3 Å². The molecular formula is C46H46ClF10N9O6S2. The summed E-state index contributed by atoms with van der Waals surface area (Å²) in [6, 6.07) is 5.32. The van der Waals surface area contributed by atoms with Crippen LogP contribution in [0.2, 0.25) is 5.02 Å². The van der Waals surface area contributed by atoms with Crippen LogP contribution in [-0.2, 0) is 73.9 Å². The van der Waals surface area contributed by atoms with E-state index < -0.39 is 149 Å². The third kappa shape index (κ3) is 11.8. The van der Waals surface area contributed by atoms with E-state index in [0.29, 0.717) is 43.2 Å². The third-order valence-corrected chi connectivity index (χ3v) is 16.3. The number of pyridine rings is 1. The SMILES string of the molecule is C#C[C@@H]1Cc2c(C(F)(F)F)nn(CC(=O)N[C@@H](Cc3cc(F)cc(F)c3)c3nc(CCC(C)(C)S(C)(=O)=O)ccc3-c3ccc(Cl)c4c(N(C(=O)CN5CCNCC5)S(C)(=O)=O)nn(CC(F)(F)F)c34)c2C1(F)F. The summed E-state index contributed by atoms with van der Waals surface area (Å²) < 4.78 is 200. The first kappa shape index (κ1) is 55.9. The number of carbonyl (C=O) groups is 2. The molecular weight excluding hydrogens is 1060 g/mol. The molecule has 0 spiro atoms. The molecule has 3 aromatic heterocycles. The van der Waals surface area contributed by atoms with Gasteiger partial charge in [0.2, 0.25) is 15.9 Å². The Hall–Kier alpha value is -5.82. The number of rotatable bonds is 16. The highest BCUT2D eigenvalue weighted by Gasteiger charge is 2.55. The molecule has 2 atom stereocenters. The largest absolute Gasteiger partial charge is 0.435 e. The maximum Gasteiger partial charge on any atom is 0.435 e. The Bertz CT molecular complexity index is 3280.